The van der Waals surface area contributed by atoms with Crippen molar-refractivity contribution in [1.29, 1.82) is 0 Å². The second-order valence-electron chi connectivity index (χ2n) is 6.75. The van der Waals surface area contributed by atoms with Crippen molar-refractivity contribution in [3.8, 4) is 17.4 Å². The van der Waals surface area contributed by atoms with Crippen LogP contribution in [0.2, 0.25) is 0 Å². The molecule has 2 heterocycles. The van der Waals surface area contributed by atoms with Crippen LogP contribution >= 0.6 is 0 Å². The van der Waals surface area contributed by atoms with Crippen LogP contribution in [0.15, 0.2) is 67.3 Å². The standard InChI is InChI=1S/C22H19FN6O2/c1-14-3-4-17(11-19(14)23)28-22(30)27-16-5-7-18(8-6-16)31-21-12-20(25-15(2)26-21)29-10-9-24-13-29/h3-13H,1-2H3,(H2,27,28,30). The first kappa shape index (κ1) is 20.0. The summed E-state index contributed by atoms with van der Waals surface area (Å²) in [5.74, 6) is 1.75. The van der Waals surface area contributed by atoms with Crippen LogP contribution in [-0.4, -0.2) is 25.6 Å². The normalized spacial score (nSPS) is 10.5. The van der Waals surface area contributed by atoms with Gasteiger partial charge in [0.1, 0.15) is 29.5 Å². The van der Waals surface area contributed by atoms with Crippen LogP contribution < -0.4 is 15.4 Å². The molecule has 2 aromatic heterocycles. The first-order valence-electron chi connectivity index (χ1n) is 9.42. The largest absolute Gasteiger partial charge is 0.439 e. The van der Waals surface area contributed by atoms with Gasteiger partial charge in [-0.2, -0.15) is 4.98 Å². The number of aryl methyl sites for hydroxylation is 2. The van der Waals surface area contributed by atoms with Gasteiger partial charge in [-0.05, 0) is 55.8 Å². The predicted octanol–water partition coefficient (Wildman–Crippen LogP) is 4.85. The smallest absolute Gasteiger partial charge is 0.323 e. The van der Waals surface area contributed by atoms with E-state index in [0.717, 1.165) is 0 Å². The number of halogens is 1. The monoisotopic (exact) mass is 418 g/mol. The number of ether oxygens (including phenoxy) is 1. The van der Waals surface area contributed by atoms with Gasteiger partial charge in [0, 0.05) is 29.8 Å². The van der Waals surface area contributed by atoms with Gasteiger partial charge in [-0.15, -0.1) is 0 Å². The zero-order valence-electron chi connectivity index (χ0n) is 16.8. The van der Waals surface area contributed by atoms with Crippen LogP contribution in [0, 0.1) is 19.7 Å². The summed E-state index contributed by atoms with van der Waals surface area (Å²) in [4.78, 5) is 24.8. The number of carbonyl (C=O) groups excluding carboxylic acids is 1. The zero-order chi connectivity index (χ0) is 21.8. The summed E-state index contributed by atoms with van der Waals surface area (Å²) < 4.78 is 21.2. The summed E-state index contributed by atoms with van der Waals surface area (Å²) in [5.41, 5.74) is 1.43. The number of anilines is 2. The lowest BCUT2D eigenvalue weighted by molar-refractivity contribution is 0.262. The summed E-state index contributed by atoms with van der Waals surface area (Å²) in [7, 11) is 0. The van der Waals surface area contributed by atoms with Crippen molar-refractivity contribution in [3.05, 3.63) is 84.5 Å². The third-order valence-corrected chi connectivity index (χ3v) is 4.33. The van der Waals surface area contributed by atoms with Gasteiger partial charge in [-0.1, -0.05) is 6.07 Å². The van der Waals surface area contributed by atoms with E-state index in [1.54, 1.807) is 79.6 Å². The number of benzene rings is 2. The summed E-state index contributed by atoms with van der Waals surface area (Å²) in [5, 5.41) is 5.28. The molecule has 0 bridgehead atoms. The minimum atomic E-state index is -0.478. The van der Waals surface area contributed by atoms with E-state index in [4.69, 9.17) is 4.74 Å². The average molecular weight is 418 g/mol. The van der Waals surface area contributed by atoms with Gasteiger partial charge in [0.05, 0.1) is 0 Å². The van der Waals surface area contributed by atoms with Crippen molar-refractivity contribution in [1.82, 2.24) is 19.5 Å². The Kier molecular flexibility index (Phi) is 5.57. The van der Waals surface area contributed by atoms with Gasteiger partial charge in [-0.25, -0.2) is 19.2 Å². The van der Waals surface area contributed by atoms with E-state index >= 15 is 0 Å². The Balaban J connectivity index is 1.40. The van der Waals surface area contributed by atoms with Crippen LogP contribution in [0.25, 0.3) is 5.82 Å². The molecule has 2 amide bonds. The molecule has 0 aliphatic heterocycles. The molecule has 31 heavy (non-hydrogen) atoms. The van der Waals surface area contributed by atoms with E-state index in [2.05, 4.69) is 25.6 Å². The molecule has 0 spiro atoms. The van der Waals surface area contributed by atoms with E-state index in [1.807, 2.05) is 0 Å². The zero-order valence-corrected chi connectivity index (χ0v) is 16.8. The van der Waals surface area contributed by atoms with Crippen molar-refractivity contribution >= 4 is 17.4 Å². The first-order valence-corrected chi connectivity index (χ1v) is 9.42. The van der Waals surface area contributed by atoms with Crippen LogP contribution in [-0.2, 0) is 0 Å². The average Bonchev–Trinajstić information content (AvgIpc) is 3.27. The van der Waals surface area contributed by atoms with Crippen molar-refractivity contribution in [3.63, 3.8) is 0 Å². The molecule has 0 radical (unpaired) electrons. The number of carbonyl (C=O) groups is 1. The van der Waals surface area contributed by atoms with Gasteiger partial charge >= 0.3 is 6.03 Å². The van der Waals surface area contributed by atoms with Gasteiger partial charge in [0.15, 0.2) is 0 Å². The number of hydrogen-bond donors (Lipinski definition) is 2. The molecule has 0 saturated heterocycles. The Labute approximate surface area is 177 Å². The molecule has 8 nitrogen and oxygen atoms in total. The van der Waals surface area contributed by atoms with E-state index < -0.39 is 6.03 Å². The quantitative estimate of drug-likeness (QED) is 0.483. The number of imidazole rings is 1. The van der Waals surface area contributed by atoms with E-state index in [1.165, 1.54) is 6.07 Å². The Hall–Kier alpha value is -4.27. The van der Waals surface area contributed by atoms with Crippen LogP contribution in [0.5, 0.6) is 11.6 Å². The lowest BCUT2D eigenvalue weighted by Gasteiger charge is -2.10. The molecule has 0 unspecified atom stereocenters. The Morgan fingerprint density at radius 1 is 1.00 bits per heavy atom. The molecular weight excluding hydrogens is 399 g/mol. The second kappa shape index (κ2) is 8.62. The highest BCUT2D eigenvalue weighted by Crippen LogP contribution is 2.23. The molecule has 9 heteroatoms. The number of rotatable bonds is 5. The lowest BCUT2D eigenvalue weighted by Crippen LogP contribution is -2.19. The minimum absolute atomic E-state index is 0.369. The molecule has 0 aliphatic rings. The Morgan fingerprint density at radius 2 is 1.74 bits per heavy atom. The maximum Gasteiger partial charge on any atom is 0.323 e. The van der Waals surface area contributed by atoms with Gasteiger partial charge in [-0.3, -0.25) is 4.57 Å². The van der Waals surface area contributed by atoms with Crippen LogP contribution in [0.1, 0.15) is 11.4 Å². The van der Waals surface area contributed by atoms with Gasteiger partial charge in [0.25, 0.3) is 0 Å². The fraction of sp³-hybridized carbons (Fsp3) is 0.0909. The summed E-state index contributed by atoms with van der Waals surface area (Å²) in [6.07, 6.45) is 5.08. The molecule has 4 rings (SSSR count). The molecule has 2 aromatic carbocycles. The van der Waals surface area contributed by atoms with Gasteiger partial charge < -0.3 is 15.4 Å². The highest BCUT2D eigenvalue weighted by atomic mass is 19.1. The summed E-state index contributed by atoms with van der Waals surface area (Å²) in [6, 6.07) is 12.5. The van der Waals surface area contributed by atoms with Crippen LogP contribution in [0.4, 0.5) is 20.6 Å². The molecular formula is C22H19FN6O2. The third-order valence-electron chi connectivity index (χ3n) is 4.33. The lowest BCUT2D eigenvalue weighted by atomic mass is 10.2. The molecule has 4 aromatic rings. The Morgan fingerprint density at radius 3 is 2.45 bits per heavy atom. The molecule has 156 valence electrons. The maximum absolute atomic E-state index is 13.6. The van der Waals surface area contributed by atoms with Crippen molar-refractivity contribution < 1.29 is 13.9 Å². The van der Waals surface area contributed by atoms with Crippen molar-refractivity contribution in [2.24, 2.45) is 0 Å². The minimum Gasteiger partial charge on any atom is -0.439 e. The van der Waals surface area contributed by atoms with Crippen molar-refractivity contribution in [2.75, 3.05) is 10.6 Å². The van der Waals surface area contributed by atoms with Crippen LogP contribution in [0.3, 0.4) is 0 Å². The fourth-order valence-corrected chi connectivity index (χ4v) is 2.80. The molecule has 0 saturated carbocycles. The first-order chi connectivity index (χ1) is 15.0. The number of nitrogens with zero attached hydrogens (tertiary/aromatic N) is 4. The molecule has 0 atom stereocenters. The maximum atomic E-state index is 13.6. The third kappa shape index (κ3) is 5.02. The van der Waals surface area contributed by atoms with E-state index in [9.17, 15) is 9.18 Å². The highest BCUT2D eigenvalue weighted by molar-refractivity contribution is 5.99. The molecule has 0 aliphatic carbocycles. The highest BCUT2D eigenvalue weighted by Gasteiger charge is 2.08. The summed E-state index contributed by atoms with van der Waals surface area (Å²) in [6.45, 7) is 3.43. The number of amides is 2. The summed E-state index contributed by atoms with van der Waals surface area (Å²) >= 11 is 0. The van der Waals surface area contributed by atoms with E-state index in [0.29, 0.717) is 40.2 Å². The fourth-order valence-electron chi connectivity index (χ4n) is 2.80. The Bertz CT molecular complexity index is 1210. The van der Waals surface area contributed by atoms with Crippen molar-refractivity contribution in [2.45, 2.75) is 13.8 Å². The topological polar surface area (TPSA) is 94.0 Å². The number of aromatic nitrogens is 4. The number of urea groups is 1. The molecule has 2 N–H and O–H groups in total. The second-order valence-corrected chi connectivity index (χ2v) is 6.75. The predicted molar refractivity (Wildman–Crippen MR) is 114 cm³/mol. The molecule has 0 fully saturated rings. The number of nitrogens with one attached hydrogen (secondary N) is 2. The SMILES string of the molecule is Cc1nc(Oc2ccc(NC(=O)Nc3ccc(C)c(F)c3)cc2)cc(-n2ccnc2)n1. The van der Waals surface area contributed by atoms with E-state index in [-0.39, 0.29) is 5.82 Å². The van der Waals surface area contributed by atoms with Gasteiger partial charge in [0.2, 0.25) is 5.88 Å². The number of hydrogen-bond acceptors (Lipinski definition) is 5.